The smallest absolute Gasteiger partial charge is 0.316 e. The van der Waals surface area contributed by atoms with E-state index in [0.717, 1.165) is 6.42 Å². The zero-order valence-electron chi connectivity index (χ0n) is 9.13. The Hall–Kier alpha value is -0.860. The minimum absolute atomic E-state index is 0.0414. The fraction of sp³-hybridized carbons (Fsp3) is 0.818. The van der Waals surface area contributed by atoms with E-state index in [1.165, 1.54) is 0 Å². The molecule has 1 rings (SSSR count). The molecule has 0 spiro atoms. The fourth-order valence-corrected chi connectivity index (χ4v) is 1.87. The molecule has 80 valence electrons. The van der Waals surface area contributed by atoms with Gasteiger partial charge in [0, 0.05) is 6.42 Å². The van der Waals surface area contributed by atoms with Crippen LogP contribution in [0.25, 0.3) is 0 Å². The van der Waals surface area contributed by atoms with Crippen LogP contribution >= 0.6 is 0 Å². The van der Waals surface area contributed by atoms with E-state index >= 15 is 0 Å². The van der Waals surface area contributed by atoms with E-state index in [0.29, 0.717) is 19.4 Å². The van der Waals surface area contributed by atoms with Gasteiger partial charge in [-0.05, 0) is 25.2 Å². The topological polar surface area (TPSA) is 43.4 Å². The molecule has 1 aliphatic carbocycles. The first-order chi connectivity index (χ1) is 6.46. The summed E-state index contributed by atoms with van der Waals surface area (Å²) in [6.07, 6.45) is 2.06. The summed E-state index contributed by atoms with van der Waals surface area (Å²) in [5, 5.41) is 0. The third-order valence-electron chi connectivity index (χ3n) is 2.72. The Bertz CT molecular complexity index is 243. The van der Waals surface area contributed by atoms with E-state index < -0.39 is 5.92 Å². The van der Waals surface area contributed by atoms with E-state index in [4.69, 9.17) is 4.74 Å². The van der Waals surface area contributed by atoms with Gasteiger partial charge in [-0.3, -0.25) is 9.59 Å². The first-order valence-electron chi connectivity index (χ1n) is 5.15. The van der Waals surface area contributed by atoms with Gasteiger partial charge >= 0.3 is 5.97 Å². The van der Waals surface area contributed by atoms with E-state index in [1.807, 2.05) is 0 Å². The molecule has 1 aliphatic rings. The molecule has 0 N–H and O–H groups in total. The molecule has 0 bridgehead atoms. The van der Waals surface area contributed by atoms with Gasteiger partial charge in [-0.15, -0.1) is 0 Å². The summed E-state index contributed by atoms with van der Waals surface area (Å²) in [6, 6.07) is 0. The molecule has 0 amide bonds. The fourth-order valence-electron chi connectivity index (χ4n) is 1.87. The van der Waals surface area contributed by atoms with Crippen molar-refractivity contribution in [2.24, 2.45) is 11.3 Å². The van der Waals surface area contributed by atoms with E-state index in [2.05, 4.69) is 13.8 Å². The van der Waals surface area contributed by atoms with Crippen LogP contribution in [0.15, 0.2) is 0 Å². The predicted molar refractivity (Wildman–Crippen MR) is 52.8 cm³/mol. The van der Waals surface area contributed by atoms with E-state index in [1.54, 1.807) is 6.92 Å². The highest BCUT2D eigenvalue weighted by atomic mass is 16.5. The van der Waals surface area contributed by atoms with E-state index in [-0.39, 0.29) is 17.2 Å². The first kappa shape index (κ1) is 11.2. The quantitative estimate of drug-likeness (QED) is 0.503. The maximum atomic E-state index is 11.6. The molecule has 0 aromatic heterocycles. The number of carbonyl (C=O) groups excluding carboxylic acids is 2. The van der Waals surface area contributed by atoms with Gasteiger partial charge in [-0.25, -0.2) is 0 Å². The second kappa shape index (κ2) is 4.11. The van der Waals surface area contributed by atoms with Gasteiger partial charge in [-0.2, -0.15) is 0 Å². The highest BCUT2D eigenvalue weighted by Gasteiger charge is 2.37. The van der Waals surface area contributed by atoms with Crippen molar-refractivity contribution in [3.05, 3.63) is 0 Å². The molecule has 0 saturated heterocycles. The van der Waals surface area contributed by atoms with Crippen molar-refractivity contribution in [2.45, 2.75) is 40.0 Å². The lowest BCUT2D eigenvalue weighted by molar-refractivity contribution is -0.154. The zero-order valence-corrected chi connectivity index (χ0v) is 9.13. The van der Waals surface area contributed by atoms with E-state index in [9.17, 15) is 9.59 Å². The SMILES string of the molecule is CCOC(=O)[C@H]1CCC(C)(C)CC1=O. The normalized spacial score (nSPS) is 25.9. The highest BCUT2D eigenvalue weighted by Crippen LogP contribution is 2.36. The highest BCUT2D eigenvalue weighted by molar-refractivity contribution is 5.99. The molecular formula is C11H18O3. The first-order valence-corrected chi connectivity index (χ1v) is 5.15. The van der Waals surface area contributed by atoms with Crippen molar-refractivity contribution in [3.8, 4) is 0 Å². The van der Waals surface area contributed by atoms with Crippen LogP contribution in [0.4, 0.5) is 0 Å². The molecular weight excluding hydrogens is 180 g/mol. The molecule has 1 saturated carbocycles. The molecule has 0 aromatic rings. The lowest BCUT2D eigenvalue weighted by Crippen LogP contribution is -2.35. The largest absolute Gasteiger partial charge is 0.465 e. The van der Waals surface area contributed by atoms with Crippen LogP contribution < -0.4 is 0 Å². The van der Waals surface area contributed by atoms with Crippen molar-refractivity contribution in [1.82, 2.24) is 0 Å². The van der Waals surface area contributed by atoms with Crippen LogP contribution in [0, 0.1) is 11.3 Å². The summed E-state index contributed by atoms with van der Waals surface area (Å²) < 4.78 is 4.86. The molecule has 14 heavy (non-hydrogen) atoms. The molecule has 3 heteroatoms. The predicted octanol–water partition coefficient (Wildman–Crippen LogP) is 1.94. The standard InChI is InChI=1S/C11H18O3/c1-4-14-10(13)8-5-6-11(2,3)7-9(8)12/h8H,4-7H2,1-3H3/t8-/m0/s1. The van der Waals surface area contributed by atoms with Gasteiger partial charge in [0.25, 0.3) is 0 Å². The summed E-state index contributed by atoms with van der Waals surface area (Å²) in [6.45, 7) is 6.24. The van der Waals surface area contributed by atoms with Crippen molar-refractivity contribution >= 4 is 11.8 Å². The van der Waals surface area contributed by atoms with Crippen molar-refractivity contribution in [3.63, 3.8) is 0 Å². The van der Waals surface area contributed by atoms with Gasteiger partial charge in [0.1, 0.15) is 11.7 Å². The number of hydrogen-bond acceptors (Lipinski definition) is 3. The third kappa shape index (κ3) is 2.56. The van der Waals surface area contributed by atoms with Gasteiger partial charge < -0.3 is 4.74 Å². The molecule has 3 nitrogen and oxygen atoms in total. The molecule has 0 radical (unpaired) electrons. The van der Waals surface area contributed by atoms with Crippen LogP contribution in [0.5, 0.6) is 0 Å². The maximum Gasteiger partial charge on any atom is 0.316 e. The van der Waals surface area contributed by atoms with Gasteiger partial charge in [0.15, 0.2) is 0 Å². The minimum atomic E-state index is -0.497. The van der Waals surface area contributed by atoms with Crippen molar-refractivity contribution in [1.29, 1.82) is 0 Å². The number of esters is 1. The molecule has 0 unspecified atom stereocenters. The second-order valence-electron chi connectivity index (χ2n) is 4.65. The number of Topliss-reactive ketones (excluding diaryl/α,β-unsaturated/α-hetero) is 1. The summed E-state index contributed by atoms with van der Waals surface area (Å²) in [5.74, 6) is -0.796. The summed E-state index contributed by atoms with van der Waals surface area (Å²) in [4.78, 5) is 23.0. The van der Waals surface area contributed by atoms with Gasteiger partial charge in [0.05, 0.1) is 6.61 Å². The number of ketones is 1. The molecule has 0 heterocycles. The molecule has 0 aromatic carbocycles. The number of ether oxygens (including phenoxy) is 1. The number of rotatable bonds is 2. The Balaban J connectivity index is 2.58. The number of carbonyl (C=O) groups is 2. The van der Waals surface area contributed by atoms with Crippen LogP contribution in [-0.4, -0.2) is 18.4 Å². The summed E-state index contributed by atoms with van der Waals surface area (Å²) >= 11 is 0. The summed E-state index contributed by atoms with van der Waals surface area (Å²) in [5.41, 5.74) is 0.0556. The Morgan fingerprint density at radius 1 is 1.57 bits per heavy atom. The Labute approximate surface area is 84.8 Å². The van der Waals surface area contributed by atoms with Crippen LogP contribution in [0.1, 0.15) is 40.0 Å². The number of hydrogen-bond donors (Lipinski definition) is 0. The monoisotopic (exact) mass is 198 g/mol. The maximum absolute atomic E-state index is 11.6. The lowest BCUT2D eigenvalue weighted by Gasteiger charge is -2.31. The minimum Gasteiger partial charge on any atom is -0.465 e. The Kier molecular flexibility index (Phi) is 3.29. The molecule has 0 aliphatic heterocycles. The van der Waals surface area contributed by atoms with Gasteiger partial charge in [0.2, 0.25) is 0 Å². The molecule has 1 fully saturated rings. The zero-order chi connectivity index (χ0) is 10.8. The molecule has 1 atom stereocenters. The second-order valence-corrected chi connectivity index (χ2v) is 4.65. The van der Waals surface area contributed by atoms with Crippen LogP contribution in [-0.2, 0) is 14.3 Å². The third-order valence-corrected chi connectivity index (χ3v) is 2.72. The average molecular weight is 198 g/mol. The van der Waals surface area contributed by atoms with Crippen molar-refractivity contribution < 1.29 is 14.3 Å². The Morgan fingerprint density at radius 3 is 2.71 bits per heavy atom. The van der Waals surface area contributed by atoms with Crippen LogP contribution in [0.3, 0.4) is 0 Å². The Morgan fingerprint density at radius 2 is 2.21 bits per heavy atom. The van der Waals surface area contributed by atoms with Crippen LogP contribution in [0.2, 0.25) is 0 Å². The average Bonchev–Trinajstić information content (AvgIpc) is 2.02. The van der Waals surface area contributed by atoms with Crippen molar-refractivity contribution in [2.75, 3.05) is 6.61 Å². The summed E-state index contributed by atoms with van der Waals surface area (Å²) in [7, 11) is 0. The lowest BCUT2D eigenvalue weighted by atomic mass is 9.72. The van der Waals surface area contributed by atoms with Gasteiger partial charge in [-0.1, -0.05) is 13.8 Å².